The lowest BCUT2D eigenvalue weighted by molar-refractivity contribution is -0.387. The van der Waals surface area contributed by atoms with Gasteiger partial charge in [-0.25, -0.2) is 4.98 Å². The first-order valence-electron chi connectivity index (χ1n) is 5.23. The van der Waals surface area contributed by atoms with Crippen LogP contribution in [0.3, 0.4) is 0 Å². The summed E-state index contributed by atoms with van der Waals surface area (Å²) in [4.78, 5) is 15.0. The molecule has 0 bridgehead atoms. The van der Waals surface area contributed by atoms with E-state index in [1.54, 1.807) is 30.5 Å². The molecule has 92 valence electrons. The summed E-state index contributed by atoms with van der Waals surface area (Å²) in [6.07, 6.45) is 1.63. The largest absolute Gasteiger partial charge is 0.384 e. The number of nitro benzene ring substituents is 1. The Morgan fingerprint density at radius 3 is 2.83 bits per heavy atom. The molecule has 0 aliphatic rings. The number of aromatic nitrogens is 1. The molecule has 2 N–H and O–H groups in total. The van der Waals surface area contributed by atoms with E-state index in [9.17, 15) is 10.1 Å². The molecule has 0 aliphatic carbocycles. The highest BCUT2D eigenvalue weighted by Crippen LogP contribution is 2.31. The SMILES string of the molecule is Nc1cc(CSc2ccccc2[N+](=O)[O-])ccn1. The average Bonchev–Trinajstić information content (AvgIpc) is 2.37. The third-order valence-electron chi connectivity index (χ3n) is 2.30. The van der Waals surface area contributed by atoms with Crippen molar-refractivity contribution in [1.29, 1.82) is 0 Å². The molecule has 0 fully saturated rings. The van der Waals surface area contributed by atoms with Gasteiger partial charge in [-0.2, -0.15) is 0 Å². The normalized spacial score (nSPS) is 10.2. The molecular weight excluding hydrogens is 250 g/mol. The maximum atomic E-state index is 10.8. The van der Waals surface area contributed by atoms with Gasteiger partial charge in [-0.3, -0.25) is 10.1 Å². The number of benzene rings is 1. The van der Waals surface area contributed by atoms with E-state index in [1.165, 1.54) is 17.8 Å². The van der Waals surface area contributed by atoms with Crippen molar-refractivity contribution in [2.45, 2.75) is 10.6 Å². The van der Waals surface area contributed by atoms with Crippen molar-refractivity contribution in [3.8, 4) is 0 Å². The summed E-state index contributed by atoms with van der Waals surface area (Å²) in [5.41, 5.74) is 6.70. The fourth-order valence-electron chi connectivity index (χ4n) is 1.48. The van der Waals surface area contributed by atoms with Gasteiger partial charge in [0.05, 0.1) is 9.82 Å². The number of pyridine rings is 1. The van der Waals surface area contributed by atoms with Crippen LogP contribution in [0.5, 0.6) is 0 Å². The highest BCUT2D eigenvalue weighted by Gasteiger charge is 2.12. The summed E-state index contributed by atoms with van der Waals surface area (Å²) in [6, 6.07) is 10.3. The Bertz CT molecular complexity index is 575. The molecule has 1 heterocycles. The second-order valence-electron chi connectivity index (χ2n) is 3.60. The van der Waals surface area contributed by atoms with Gasteiger partial charge < -0.3 is 5.73 Å². The van der Waals surface area contributed by atoms with Crippen LogP contribution in [0.1, 0.15) is 5.56 Å². The molecule has 0 unspecified atom stereocenters. The summed E-state index contributed by atoms with van der Waals surface area (Å²) in [6.45, 7) is 0. The van der Waals surface area contributed by atoms with Crippen LogP contribution in [0.2, 0.25) is 0 Å². The van der Waals surface area contributed by atoms with E-state index in [2.05, 4.69) is 4.98 Å². The van der Waals surface area contributed by atoms with Gasteiger partial charge >= 0.3 is 0 Å². The molecule has 5 nitrogen and oxygen atoms in total. The lowest BCUT2D eigenvalue weighted by Gasteiger charge is -2.03. The third kappa shape index (κ3) is 2.98. The zero-order valence-corrected chi connectivity index (χ0v) is 10.3. The van der Waals surface area contributed by atoms with Crippen molar-refractivity contribution in [3.63, 3.8) is 0 Å². The van der Waals surface area contributed by atoms with Gasteiger partial charge in [0, 0.05) is 18.0 Å². The number of nitrogens with zero attached hydrogens (tertiary/aromatic N) is 2. The van der Waals surface area contributed by atoms with Crippen LogP contribution >= 0.6 is 11.8 Å². The number of nitrogen functional groups attached to an aromatic ring is 1. The topological polar surface area (TPSA) is 82.0 Å². The maximum Gasteiger partial charge on any atom is 0.282 e. The maximum absolute atomic E-state index is 10.8. The fourth-order valence-corrected chi connectivity index (χ4v) is 2.44. The van der Waals surface area contributed by atoms with Crippen molar-refractivity contribution < 1.29 is 4.92 Å². The van der Waals surface area contributed by atoms with E-state index < -0.39 is 0 Å². The fraction of sp³-hybridized carbons (Fsp3) is 0.0833. The van der Waals surface area contributed by atoms with E-state index >= 15 is 0 Å². The summed E-state index contributed by atoms with van der Waals surface area (Å²) in [5.74, 6) is 1.08. The van der Waals surface area contributed by atoms with Gasteiger partial charge in [0.2, 0.25) is 0 Å². The summed E-state index contributed by atoms with van der Waals surface area (Å²) in [5, 5.41) is 10.8. The molecule has 6 heteroatoms. The predicted molar refractivity (Wildman–Crippen MR) is 71.3 cm³/mol. The van der Waals surface area contributed by atoms with Gasteiger partial charge in [-0.1, -0.05) is 12.1 Å². The highest BCUT2D eigenvalue weighted by atomic mass is 32.2. The number of nitrogens with two attached hydrogens (primary N) is 1. The van der Waals surface area contributed by atoms with E-state index in [1.807, 2.05) is 6.07 Å². The van der Waals surface area contributed by atoms with Crippen LogP contribution in [-0.2, 0) is 5.75 Å². The molecule has 0 amide bonds. The van der Waals surface area contributed by atoms with Gasteiger partial charge in [0.1, 0.15) is 5.82 Å². The average molecular weight is 261 g/mol. The second-order valence-corrected chi connectivity index (χ2v) is 4.62. The monoisotopic (exact) mass is 261 g/mol. The van der Waals surface area contributed by atoms with Crippen LogP contribution in [0.4, 0.5) is 11.5 Å². The van der Waals surface area contributed by atoms with E-state index in [-0.39, 0.29) is 10.6 Å². The zero-order chi connectivity index (χ0) is 13.0. The Balaban J connectivity index is 2.13. The first-order chi connectivity index (χ1) is 8.66. The van der Waals surface area contributed by atoms with Crippen molar-refractivity contribution in [2.75, 3.05) is 5.73 Å². The lowest BCUT2D eigenvalue weighted by Crippen LogP contribution is -1.92. The molecule has 0 aliphatic heterocycles. The Kier molecular flexibility index (Phi) is 3.78. The number of rotatable bonds is 4. The van der Waals surface area contributed by atoms with Crippen molar-refractivity contribution in [3.05, 3.63) is 58.3 Å². The molecule has 1 aromatic carbocycles. The number of hydrogen-bond acceptors (Lipinski definition) is 5. The standard InChI is InChI=1S/C12H11N3O2S/c13-12-7-9(5-6-14-12)8-18-11-4-2-1-3-10(11)15(16)17/h1-7H,8H2,(H2,13,14). The third-order valence-corrected chi connectivity index (χ3v) is 3.44. The molecule has 0 radical (unpaired) electrons. The van der Waals surface area contributed by atoms with E-state index in [0.717, 1.165) is 5.56 Å². The van der Waals surface area contributed by atoms with Crippen molar-refractivity contribution in [1.82, 2.24) is 4.98 Å². The number of hydrogen-bond donors (Lipinski definition) is 1. The minimum absolute atomic E-state index is 0.129. The first-order valence-corrected chi connectivity index (χ1v) is 6.22. The van der Waals surface area contributed by atoms with Crippen LogP contribution in [0.15, 0.2) is 47.5 Å². The van der Waals surface area contributed by atoms with Gasteiger partial charge in [0.25, 0.3) is 5.69 Å². The summed E-state index contributed by atoms with van der Waals surface area (Å²) in [7, 11) is 0. The van der Waals surface area contributed by atoms with Gasteiger partial charge in [-0.15, -0.1) is 11.8 Å². The second kappa shape index (κ2) is 5.50. The minimum Gasteiger partial charge on any atom is -0.384 e. The molecule has 0 saturated carbocycles. The number of para-hydroxylation sites is 1. The van der Waals surface area contributed by atoms with Crippen LogP contribution in [-0.4, -0.2) is 9.91 Å². The van der Waals surface area contributed by atoms with Crippen molar-refractivity contribution in [2.24, 2.45) is 0 Å². The Morgan fingerprint density at radius 2 is 2.11 bits per heavy atom. The van der Waals surface area contributed by atoms with Crippen LogP contribution < -0.4 is 5.73 Å². The first kappa shape index (κ1) is 12.4. The molecule has 0 atom stereocenters. The molecular formula is C12H11N3O2S. The predicted octanol–water partition coefficient (Wildman–Crippen LogP) is 2.86. The quantitative estimate of drug-likeness (QED) is 0.520. The van der Waals surface area contributed by atoms with Crippen LogP contribution in [0.25, 0.3) is 0 Å². The molecule has 2 aromatic rings. The van der Waals surface area contributed by atoms with Gasteiger partial charge in [0.15, 0.2) is 0 Å². The highest BCUT2D eigenvalue weighted by molar-refractivity contribution is 7.98. The zero-order valence-electron chi connectivity index (χ0n) is 9.45. The molecule has 0 spiro atoms. The van der Waals surface area contributed by atoms with Crippen molar-refractivity contribution >= 4 is 23.3 Å². The minimum atomic E-state index is -0.372. The summed E-state index contributed by atoms with van der Waals surface area (Å²) >= 11 is 1.41. The molecule has 1 aromatic heterocycles. The smallest absolute Gasteiger partial charge is 0.282 e. The molecule has 18 heavy (non-hydrogen) atoms. The van der Waals surface area contributed by atoms with E-state index in [0.29, 0.717) is 16.5 Å². The van der Waals surface area contributed by atoms with Gasteiger partial charge in [-0.05, 0) is 23.8 Å². The Hall–Kier alpha value is -2.08. The van der Waals surface area contributed by atoms with E-state index in [4.69, 9.17) is 5.73 Å². The molecule has 0 saturated heterocycles. The number of thioether (sulfide) groups is 1. The Labute approximate surface area is 108 Å². The summed E-state index contributed by atoms with van der Waals surface area (Å²) < 4.78 is 0. The lowest BCUT2D eigenvalue weighted by atomic mass is 10.3. The molecule has 2 rings (SSSR count). The number of anilines is 1. The van der Waals surface area contributed by atoms with Crippen LogP contribution in [0, 0.1) is 10.1 Å². The number of nitro groups is 1. The Morgan fingerprint density at radius 1 is 1.33 bits per heavy atom.